The van der Waals surface area contributed by atoms with Gasteiger partial charge in [-0.1, -0.05) is 23.8 Å². The van der Waals surface area contributed by atoms with E-state index in [4.69, 9.17) is 9.47 Å². The summed E-state index contributed by atoms with van der Waals surface area (Å²) in [4.78, 5) is 29.2. The van der Waals surface area contributed by atoms with E-state index in [2.05, 4.69) is 10.3 Å². The Kier molecular flexibility index (Phi) is 9.32. The lowest BCUT2D eigenvalue weighted by Gasteiger charge is -2.23. The number of carbonyl (C=O) groups excluding carboxylic acids is 2. The largest absolute Gasteiger partial charge is 0.419 e. The third kappa shape index (κ3) is 7.66. The summed E-state index contributed by atoms with van der Waals surface area (Å²) in [6, 6.07) is 14.8. The number of aromatic nitrogens is 1. The van der Waals surface area contributed by atoms with E-state index in [0.717, 1.165) is 5.56 Å². The number of ether oxygens (including phenoxy) is 2. The van der Waals surface area contributed by atoms with Gasteiger partial charge in [-0.2, -0.15) is 0 Å². The van der Waals surface area contributed by atoms with Gasteiger partial charge in [-0.15, -0.1) is 12.4 Å². The maximum absolute atomic E-state index is 12.6. The number of hydrogen-bond acceptors (Lipinski definition) is 7. The number of β-amino-alcohol motifs (C(OH)–C–C–N with tert-alkyl or cyclic N) is 1. The normalized spacial score (nSPS) is 11.8. The minimum Gasteiger partial charge on any atom is -0.419 e. The maximum atomic E-state index is 12.6. The van der Waals surface area contributed by atoms with Crippen LogP contribution < -0.4 is 14.8 Å². The molecule has 3 rings (SSSR count). The first-order valence-electron chi connectivity index (χ1n) is 10.6. The van der Waals surface area contributed by atoms with E-state index in [1.54, 1.807) is 36.5 Å². The van der Waals surface area contributed by atoms with E-state index in [9.17, 15) is 14.7 Å². The van der Waals surface area contributed by atoms with Crippen LogP contribution in [0.4, 0.5) is 0 Å². The van der Waals surface area contributed by atoms with Gasteiger partial charge in [0.2, 0.25) is 0 Å². The molecule has 1 atom stereocenters. The van der Waals surface area contributed by atoms with E-state index in [0.29, 0.717) is 17.7 Å². The Morgan fingerprint density at radius 1 is 0.971 bits per heavy atom. The zero-order valence-corrected chi connectivity index (χ0v) is 20.4. The lowest BCUT2D eigenvalue weighted by atomic mass is 10.1. The van der Waals surface area contributed by atoms with Crippen molar-refractivity contribution in [2.24, 2.45) is 0 Å². The highest BCUT2D eigenvalue weighted by atomic mass is 35.5. The molecule has 1 aromatic heterocycles. The Morgan fingerprint density at radius 2 is 1.62 bits per heavy atom. The van der Waals surface area contributed by atoms with Gasteiger partial charge in [-0.25, -0.2) is 9.59 Å². The van der Waals surface area contributed by atoms with Crippen molar-refractivity contribution in [1.29, 1.82) is 0 Å². The van der Waals surface area contributed by atoms with Crippen molar-refractivity contribution in [3.8, 4) is 11.5 Å². The van der Waals surface area contributed by atoms with Crippen molar-refractivity contribution in [2.75, 3.05) is 6.54 Å². The first kappa shape index (κ1) is 27.0. The molecule has 0 saturated heterocycles. The van der Waals surface area contributed by atoms with Crippen molar-refractivity contribution in [3.05, 3.63) is 89.2 Å². The lowest BCUT2D eigenvalue weighted by Crippen LogP contribution is -2.38. The number of hydrogen-bond donors (Lipinski definition) is 2. The predicted octanol–water partition coefficient (Wildman–Crippen LogP) is 4.67. The number of halogens is 1. The number of rotatable bonds is 7. The lowest BCUT2D eigenvalue weighted by molar-refractivity contribution is 0.0681. The summed E-state index contributed by atoms with van der Waals surface area (Å²) in [5.41, 5.74) is 1.95. The summed E-state index contributed by atoms with van der Waals surface area (Å²) in [5.74, 6) is -1.15. The van der Waals surface area contributed by atoms with Gasteiger partial charge >= 0.3 is 11.9 Å². The number of carbonyl (C=O) groups is 2. The van der Waals surface area contributed by atoms with E-state index in [1.165, 1.54) is 18.3 Å². The second-order valence-corrected chi connectivity index (χ2v) is 8.74. The molecule has 1 unspecified atom stereocenters. The number of nitrogens with one attached hydrogen (secondary N) is 1. The molecule has 180 valence electrons. The van der Waals surface area contributed by atoms with Crippen LogP contribution in [0, 0.1) is 6.92 Å². The Labute approximate surface area is 205 Å². The van der Waals surface area contributed by atoms with Crippen LogP contribution in [-0.2, 0) is 0 Å². The zero-order chi connectivity index (χ0) is 24.0. The van der Waals surface area contributed by atoms with Gasteiger partial charge in [0.15, 0.2) is 11.5 Å². The van der Waals surface area contributed by atoms with E-state index in [1.807, 2.05) is 39.8 Å². The van der Waals surface area contributed by atoms with Crippen molar-refractivity contribution in [3.63, 3.8) is 0 Å². The monoisotopic (exact) mass is 484 g/mol. The second-order valence-electron chi connectivity index (χ2n) is 8.74. The summed E-state index contributed by atoms with van der Waals surface area (Å²) in [6.45, 7) is 8.20. The topological polar surface area (TPSA) is 97.8 Å². The molecule has 2 aromatic carbocycles. The van der Waals surface area contributed by atoms with E-state index < -0.39 is 18.0 Å². The quantitative estimate of drug-likeness (QED) is 0.371. The Bertz CT molecular complexity index is 1110. The highest BCUT2D eigenvalue weighted by Crippen LogP contribution is 2.32. The number of aliphatic hydroxyl groups excluding tert-OH is 1. The van der Waals surface area contributed by atoms with Gasteiger partial charge in [0.05, 0.1) is 17.2 Å². The SMILES string of the molecule is Cc1ccc(C(=O)Oc2ccc(C(O)CNC(C)(C)C)cc2OC(=O)c2cccnc2)cc1.Cl. The van der Waals surface area contributed by atoms with Gasteiger partial charge in [-0.3, -0.25) is 4.98 Å². The number of pyridine rings is 1. The molecule has 34 heavy (non-hydrogen) atoms. The molecular weight excluding hydrogens is 456 g/mol. The van der Waals surface area contributed by atoms with Crippen LogP contribution in [0.2, 0.25) is 0 Å². The molecule has 8 heteroatoms. The van der Waals surface area contributed by atoms with Gasteiger partial charge in [0.25, 0.3) is 0 Å². The van der Waals surface area contributed by atoms with Crippen molar-refractivity contribution >= 4 is 24.3 Å². The van der Waals surface area contributed by atoms with Gasteiger partial charge in [0, 0.05) is 24.5 Å². The molecule has 2 N–H and O–H groups in total. The van der Waals surface area contributed by atoms with Crippen LogP contribution in [0.15, 0.2) is 67.0 Å². The Hall–Kier alpha value is -3.26. The van der Waals surface area contributed by atoms with Crippen molar-refractivity contribution in [2.45, 2.75) is 39.3 Å². The van der Waals surface area contributed by atoms with Gasteiger partial charge in [-0.05, 0) is 69.7 Å². The summed E-state index contributed by atoms with van der Waals surface area (Å²) >= 11 is 0. The third-order valence-corrected chi connectivity index (χ3v) is 4.77. The van der Waals surface area contributed by atoms with Crippen molar-refractivity contribution < 1.29 is 24.2 Å². The molecule has 0 bridgehead atoms. The molecule has 1 heterocycles. The maximum Gasteiger partial charge on any atom is 0.345 e. The molecule has 0 saturated carbocycles. The number of aryl methyl sites for hydroxylation is 1. The van der Waals surface area contributed by atoms with Gasteiger partial charge < -0.3 is 19.9 Å². The first-order valence-corrected chi connectivity index (χ1v) is 10.6. The van der Waals surface area contributed by atoms with Crippen LogP contribution in [0.3, 0.4) is 0 Å². The molecule has 0 radical (unpaired) electrons. The summed E-state index contributed by atoms with van der Waals surface area (Å²) in [7, 11) is 0. The van der Waals surface area contributed by atoms with Crippen molar-refractivity contribution in [1.82, 2.24) is 10.3 Å². The van der Waals surface area contributed by atoms with Crippen LogP contribution in [-0.4, -0.2) is 34.1 Å². The molecular formula is C26H29ClN2O5. The number of benzene rings is 2. The summed E-state index contributed by atoms with van der Waals surface area (Å²) in [5, 5.41) is 13.8. The minimum absolute atomic E-state index is 0. The smallest absolute Gasteiger partial charge is 0.345 e. The average molecular weight is 485 g/mol. The molecule has 3 aromatic rings. The fraction of sp³-hybridized carbons (Fsp3) is 0.269. The summed E-state index contributed by atoms with van der Waals surface area (Å²) < 4.78 is 11.1. The number of nitrogens with zero attached hydrogens (tertiary/aromatic N) is 1. The number of aliphatic hydroxyl groups is 1. The first-order chi connectivity index (χ1) is 15.6. The van der Waals surface area contributed by atoms with Crippen LogP contribution in [0.25, 0.3) is 0 Å². The number of esters is 2. The minimum atomic E-state index is -0.859. The second kappa shape index (κ2) is 11.7. The molecule has 0 aliphatic rings. The Morgan fingerprint density at radius 3 is 2.24 bits per heavy atom. The fourth-order valence-electron chi connectivity index (χ4n) is 2.91. The van der Waals surface area contributed by atoms with Crippen LogP contribution >= 0.6 is 12.4 Å². The average Bonchev–Trinajstić information content (AvgIpc) is 2.79. The standard InChI is InChI=1S/C26H28N2O5.ClH/c1-17-7-9-18(10-8-17)24(30)32-22-12-11-19(21(29)16-28-26(2,3)4)14-23(22)33-25(31)20-6-5-13-27-15-20;/h5-15,21,28-29H,16H2,1-4H3;1H. The highest BCUT2D eigenvalue weighted by molar-refractivity contribution is 5.93. The molecule has 0 fully saturated rings. The highest BCUT2D eigenvalue weighted by Gasteiger charge is 2.20. The third-order valence-electron chi connectivity index (χ3n) is 4.77. The van der Waals surface area contributed by atoms with E-state index in [-0.39, 0.29) is 35.0 Å². The molecule has 0 amide bonds. The van der Waals surface area contributed by atoms with Crippen LogP contribution in [0.1, 0.15) is 58.7 Å². The van der Waals surface area contributed by atoms with Gasteiger partial charge in [0.1, 0.15) is 0 Å². The fourth-order valence-corrected chi connectivity index (χ4v) is 2.91. The van der Waals surface area contributed by atoms with Crippen LogP contribution in [0.5, 0.6) is 11.5 Å². The zero-order valence-electron chi connectivity index (χ0n) is 19.6. The molecule has 0 aliphatic carbocycles. The van der Waals surface area contributed by atoms with E-state index >= 15 is 0 Å². The summed E-state index contributed by atoms with van der Waals surface area (Å²) in [6.07, 6.45) is 2.07. The predicted molar refractivity (Wildman–Crippen MR) is 132 cm³/mol. The Balaban J connectivity index is 0.00000408. The molecule has 0 spiro atoms. The molecule has 7 nitrogen and oxygen atoms in total. The molecule has 0 aliphatic heterocycles.